The van der Waals surface area contributed by atoms with Gasteiger partial charge in [0.25, 0.3) is 0 Å². The fraction of sp³-hybridized carbons (Fsp3) is 0.400. The van der Waals surface area contributed by atoms with E-state index in [2.05, 4.69) is 15.5 Å². The number of nitrogens with zero attached hydrogens (tertiary/aromatic N) is 3. The Morgan fingerprint density at radius 1 is 1.43 bits per heavy atom. The Labute approximate surface area is 137 Å². The van der Waals surface area contributed by atoms with Crippen molar-refractivity contribution in [2.75, 3.05) is 18.4 Å². The highest BCUT2D eigenvalue weighted by Crippen LogP contribution is 2.27. The molecule has 2 heterocycles. The van der Waals surface area contributed by atoms with E-state index in [0.29, 0.717) is 30.5 Å². The minimum atomic E-state index is -0.560. The van der Waals surface area contributed by atoms with Crippen molar-refractivity contribution in [3.05, 3.63) is 40.8 Å². The molecule has 0 radical (unpaired) electrons. The number of amides is 2. The molecule has 2 aromatic rings. The van der Waals surface area contributed by atoms with Crippen LogP contribution < -0.4 is 5.32 Å². The summed E-state index contributed by atoms with van der Waals surface area (Å²) in [6.45, 7) is 2.93. The summed E-state index contributed by atoms with van der Waals surface area (Å²) in [6.07, 6.45) is 1.51. The topological polar surface area (TPSA) is 71.3 Å². The molecule has 0 spiro atoms. The van der Waals surface area contributed by atoms with Crippen LogP contribution in [0.3, 0.4) is 0 Å². The lowest BCUT2D eigenvalue weighted by atomic mass is 9.97. The van der Waals surface area contributed by atoms with Gasteiger partial charge in [-0.3, -0.25) is 0 Å². The van der Waals surface area contributed by atoms with Crippen LogP contribution in [-0.2, 0) is 0 Å². The van der Waals surface area contributed by atoms with Crippen LogP contribution in [0.5, 0.6) is 0 Å². The van der Waals surface area contributed by atoms with Crippen molar-refractivity contribution in [3.8, 4) is 0 Å². The summed E-state index contributed by atoms with van der Waals surface area (Å²) >= 11 is 5.62. The molecule has 6 nitrogen and oxygen atoms in total. The number of aromatic nitrogens is 2. The number of hydrogen-bond acceptors (Lipinski definition) is 4. The number of urea groups is 1. The van der Waals surface area contributed by atoms with E-state index in [1.165, 1.54) is 12.1 Å². The Hall–Kier alpha value is -2.15. The highest BCUT2D eigenvalue weighted by Gasteiger charge is 2.27. The lowest BCUT2D eigenvalue weighted by Gasteiger charge is -2.30. The maximum atomic E-state index is 13.4. The van der Waals surface area contributed by atoms with E-state index in [0.717, 1.165) is 12.8 Å². The summed E-state index contributed by atoms with van der Waals surface area (Å²) in [6, 6.07) is 3.93. The summed E-state index contributed by atoms with van der Waals surface area (Å²) in [7, 11) is 0. The quantitative estimate of drug-likeness (QED) is 0.908. The molecular formula is C15H16ClFN4O2. The average Bonchev–Trinajstić information content (AvgIpc) is 2.97. The highest BCUT2D eigenvalue weighted by atomic mass is 35.5. The second kappa shape index (κ2) is 6.54. The van der Waals surface area contributed by atoms with Crippen LogP contribution in [0.2, 0.25) is 5.02 Å². The molecule has 23 heavy (non-hydrogen) atoms. The van der Waals surface area contributed by atoms with Gasteiger partial charge >= 0.3 is 6.03 Å². The molecule has 0 saturated carbocycles. The van der Waals surface area contributed by atoms with Gasteiger partial charge in [0.2, 0.25) is 5.89 Å². The first kappa shape index (κ1) is 15.7. The number of aryl methyl sites for hydroxylation is 1. The van der Waals surface area contributed by atoms with Gasteiger partial charge in [-0.25, -0.2) is 9.18 Å². The summed E-state index contributed by atoms with van der Waals surface area (Å²) in [5.74, 6) is 0.857. The lowest BCUT2D eigenvalue weighted by molar-refractivity contribution is 0.187. The zero-order valence-corrected chi connectivity index (χ0v) is 13.3. The minimum Gasteiger partial charge on any atom is -0.339 e. The molecule has 1 aromatic carbocycles. The smallest absolute Gasteiger partial charge is 0.321 e. The number of piperidine rings is 1. The van der Waals surface area contributed by atoms with Crippen LogP contribution in [0.15, 0.2) is 22.7 Å². The standard InChI is InChI=1S/C15H16ClFN4O2/c1-9-18-14(23-20-9)10-4-6-21(7-5-10)15(22)19-11-2-3-12(16)13(17)8-11/h2-3,8,10H,4-7H2,1H3,(H,19,22). The Bertz CT molecular complexity index is 713. The van der Waals surface area contributed by atoms with E-state index in [9.17, 15) is 9.18 Å². The maximum absolute atomic E-state index is 13.4. The molecule has 0 atom stereocenters. The first-order valence-electron chi connectivity index (χ1n) is 7.34. The summed E-state index contributed by atoms with van der Waals surface area (Å²) < 4.78 is 18.6. The van der Waals surface area contributed by atoms with Crippen molar-refractivity contribution in [1.82, 2.24) is 15.0 Å². The van der Waals surface area contributed by atoms with Gasteiger partial charge in [0.15, 0.2) is 5.82 Å². The molecule has 2 amide bonds. The van der Waals surface area contributed by atoms with Gasteiger partial charge in [-0.15, -0.1) is 0 Å². The number of anilines is 1. The minimum absolute atomic E-state index is 0.0265. The number of hydrogen-bond donors (Lipinski definition) is 1. The van der Waals surface area contributed by atoms with Gasteiger partial charge < -0.3 is 14.7 Å². The van der Waals surface area contributed by atoms with E-state index in [4.69, 9.17) is 16.1 Å². The van der Waals surface area contributed by atoms with Gasteiger partial charge in [-0.2, -0.15) is 4.98 Å². The Kier molecular flexibility index (Phi) is 4.47. The molecule has 1 N–H and O–H groups in total. The number of halogens is 2. The molecule has 1 aliphatic rings. The van der Waals surface area contributed by atoms with Crippen LogP contribution in [0.25, 0.3) is 0 Å². The van der Waals surface area contributed by atoms with Crippen LogP contribution in [0.4, 0.5) is 14.9 Å². The molecule has 0 unspecified atom stereocenters. The third-order valence-electron chi connectivity index (χ3n) is 3.85. The molecule has 1 fully saturated rings. The van der Waals surface area contributed by atoms with Gasteiger partial charge in [0, 0.05) is 24.7 Å². The monoisotopic (exact) mass is 338 g/mol. The number of carbonyl (C=O) groups excluding carboxylic acids is 1. The third-order valence-corrected chi connectivity index (χ3v) is 4.15. The molecule has 0 bridgehead atoms. The number of benzene rings is 1. The molecule has 1 saturated heterocycles. The van der Waals surface area contributed by atoms with Crippen LogP contribution in [0, 0.1) is 12.7 Å². The molecular weight excluding hydrogens is 323 g/mol. The van der Waals surface area contributed by atoms with E-state index >= 15 is 0 Å². The average molecular weight is 339 g/mol. The van der Waals surface area contributed by atoms with Crippen molar-refractivity contribution in [3.63, 3.8) is 0 Å². The largest absolute Gasteiger partial charge is 0.339 e. The first-order valence-corrected chi connectivity index (χ1v) is 7.72. The number of nitrogens with one attached hydrogen (secondary N) is 1. The Morgan fingerprint density at radius 2 is 2.17 bits per heavy atom. The normalized spacial score (nSPS) is 15.7. The zero-order valence-electron chi connectivity index (χ0n) is 12.6. The molecule has 1 aliphatic heterocycles. The van der Waals surface area contributed by atoms with Crippen molar-refractivity contribution in [2.45, 2.75) is 25.7 Å². The second-order valence-electron chi connectivity index (χ2n) is 5.50. The van der Waals surface area contributed by atoms with Gasteiger partial charge in [0.1, 0.15) is 5.82 Å². The second-order valence-corrected chi connectivity index (χ2v) is 5.91. The Morgan fingerprint density at radius 3 is 2.78 bits per heavy atom. The van der Waals surface area contributed by atoms with Crippen molar-refractivity contribution >= 4 is 23.3 Å². The first-order chi connectivity index (χ1) is 11.0. The summed E-state index contributed by atoms with van der Waals surface area (Å²) in [5.41, 5.74) is 0.381. The number of likely N-dealkylation sites (tertiary alicyclic amines) is 1. The van der Waals surface area contributed by atoms with Crippen molar-refractivity contribution < 1.29 is 13.7 Å². The number of carbonyl (C=O) groups is 1. The van der Waals surface area contributed by atoms with Gasteiger partial charge in [-0.05, 0) is 38.0 Å². The molecule has 8 heteroatoms. The predicted octanol–water partition coefficient (Wildman–Crippen LogP) is 3.58. The van der Waals surface area contributed by atoms with Crippen LogP contribution in [-0.4, -0.2) is 34.2 Å². The highest BCUT2D eigenvalue weighted by molar-refractivity contribution is 6.30. The molecule has 0 aliphatic carbocycles. The molecule has 122 valence electrons. The van der Waals surface area contributed by atoms with E-state index in [1.54, 1.807) is 17.9 Å². The maximum Gasteiger partial charge on any atom is 0.321 e. The lowest BCUT2D eigenvalue weighted by Crippen LogP contribution is -2.40. The van der Waals surface area contributed by atoms with Gasteiger partial charge in [-0.1, -0.05) is 16.8 Å². The van der Waals surface area contributed by atoms with Crippen LogP contribution >= 0.6 is 11.6 Å². The van der Waals surface area contributed by atoms with Gasteiger partial charge in [0.05, 0.1) is 5.02 Å². The van der Waals surface area contributed by atoms with E-state index in [1.807, 2.05) is 0 Å². The Balaban J connectivity index is 1.56. The van der Waals surface area contributed by atoms with E-state index in [-0.39, 0.29) is 17.0 Å². The summed E-state index contributed by atoms with van der Waals surface area (Å²) in [4.78, 5) is 18.1. The van der Waals surface area contributed by atoms with Crippen LogP contribution in [0.1, 0.15) is 30.5 Å². The fourth-order valence-corrected chi connectivity index (χ4v) is 2.70. The predicted molar refractivity (Wildman–Crippen MR) is 83.0 cm³/mol. The SMILES string of the molecule is Cc1noc(C2CCN(C(=O)Nc3ccc(Cl)c(F)c3)CC2)n1. The fourth-order valence-electron chi connectivity index (χ4n) is 2.58. The molecule has 3 rings (SSSR count). The zero-order chi connectivity index (χ0) is 16.4. The van der Waals surface area contributed by atoms with E-state index < -0.39 is 5.82 Å². The van der Waals surface area contributed by atoms with Crippen molar-refractivity contribution in [2.24, 2.45) is 0 Å². The van der Waals surface area contributed by atoms with Crippen molar-refractivity contribution in [1.29, 1.82) is 0 Å². The third kappa shape index (κ3) is 3.61. The number of rotatable bonds is 2. The molecule has 1 aromatic heterocycles. The summed E-state index contributed by atoms with van der Waals surface area (Å²) in [5, 5.41) is 6.49.